The molecule has 1 aliphatic heterocycles. The van der Waals surface area contributed by atoms with E-state index in [0.717, 1.165) is 37.8 Å². The van der Waals surface area contributed by atoms with Gasteiger partial charge in [0.25, 0.3) is 5.56 Å². The third-order valence-corrected chi connectivity index (χ3v) is 6.34. The number of carbonyl (C=O) groups is 1. The maximum Gasteiger partial charge on any atom is 0.337 e. The molecule has 0 aliphatic carbocycles. The van der Waals surface area contributed by atoms with E-state index in [1.165, 1.54) is 22.7 Å². The summed E-state index contributed by atoms with van der Waals surface area (Å²) in [6.07, 6.45) is 4.45. The standard InChI is InChI=1S/C22H27N5O6S/c1-13-15(21(28)27-20(24-13)12-19(25-27)18-5-3-4-9-23-18)8-10-33-14-6-7-17(26-34(2,31)32)16(11-14)22(29)30/h6-7,11-12,18,23-24,26H,3-5,8-10H2,1-2H3,(H,29,30)/t18-/m0/s1. The Morgan fingerprint density at radius 1 is 1.32 bits per heavy atom. The summed E-state index contributed by atoms with van der Waals surface area (Å²) >= 11 is 0. The van der Waals surface area contributed by atoms with Crippen molar-refractivity contribution in [1.82, 2.24) is 19.9 Å². The number of nitrogens with zero attached hydrogens (tertiary/aromatic N) is 2. The summed E-state index contributed by atoms with van der Waals surface area (Å²) in [6, 6.07) is 6.08. The Morgan fingerprint density at radius 2 is 2.12 bits per heavy atom. The number of H-pyrrole nitrogens is 1. The van der Waals surface area contributed by atoms with Crippen LogP contribution in [-0.4, -0.2) is 53.5 Å². The number of piperidine rings is 1. The lowest BCUT2D eigenvalue weighted by Gasteiger charge is -2.21. The maximum atomic E-state index is 13.1. The summed E-state index contributed by atoms with van der Waals surface area (Å²) in [5, 5.41) is 17.4. The number of aromatic carboxylic acids is 1. The number of ether oxygens (including phenoxy) is 1. The second kappa shape index (κ2) is 9.47. The van der Waals surface area contributed by atoms with Gasteiger partial charge in [0.2, 0.25) is 10.0 Å². The van der Waals surface area contributed by atoms with E-state index >= 15 is 0 Å². The van der Waals surface area contributed by atoms with Gasteiger partial charge in [0, 0.05) is 23.7 Å². The first-order chi connectivity index (χ1) is 16.1. The number of carboxylic acids is 1. The Bertz CT molecular complexity index is 1390. The van der Waals surface area contributed by atoms with E-state index in [1.54, 1.807) is 0 Å². The first-order valence-electron chi connectivity index (χ1n) is 10.9. The Hall–Kier alpha value is -3.38. The van der Waals surface area contributed by atoms with Crippen molar-refractivity contribution >= 4 is 27.3 Å². The first kappa shape index (κ1) is 23.8. The predicted molar refractivity (Wildman–Crippen MR) is 126 cm³/mol. The summed E-state index contributed by atoms with van der Waals surface area (Å²) in [4.78, 5) is 27.8. The number of fused-ring (bicyclic) bond motifs is 1. The third-order valence-electron chi connectivity index (χ3n) is 5.75. The minimum atomic E-state index is -3.64. The molecule has 1 fully saturated rings. The molecule has 1 saturated heterocycles. The summed E-state index contributed by atoms with van der Waals surface area (Å²) in [5.41, 5.74) is 2.19. The van der Waals surface area contributed by atoms with Gasteiger partial charge in [0.15, 0.2) is 0 Å². The highest BCUT2D eigenvalue weighted by Crippen LogP contribution is 2.24. The topological polar surface area (TPSA) is 155 Å². The second-order valence-corrected chi connectivity index (χ2v) is 10.1. The van der Waals surface area contributed by atoms with Crippen molar-refractivity contribution in [3.63, 3.8) is 0 Å². The molecule has 1 atom stereocenters. The van der Waals surface area contributed by atoms with E-state index in [4.69, 9.17) is 4.74 Å². The number of anilines is 1. The number of carboxylic acid groups (broad SMARTS) is 1. The summed E-state index contributed by atoms with van der Waals surface area (Å²) < 4.78 is 32.1. The van der Waals surface area contributed by atoms with Crippen molar-refractivity contribution in [2.45, 2.75) is 38.6 Å². The van der Waals surface area contributed by atoms with Gasteiger partial charge in [-0.25, -0.2) is 13.2 Å². The molecule has 0 radical (unpaired) electrons. The summed E-state index contributed by atoms with van der Waals surface area (Å²) in [5.74, 6) is -1.05. The molecule has 3 aromatic rings. The first-order valence-corrected chi connectivity index (χ1v) is 12.8. The fourth-order valence-electron chi connectivity index (χ4n) is 4.12. The average molecular weight is 490 g/mol. The van der Waals surface area contributed by atoms with Gasteiger partial charge in [-0.1, -0.05) is 6.42 Å². The molecule has 0 bridgehead atoms. The van der Waals surface area contributed by atoms with Gasteiger partial charge < -0.3 is 20.1 Å². The monoisotopic (exact) mass is 489 g/mol. The highest BCUT2D eigenvalue weighted by Gasteiger charge is 2.20. The fourth-order valence-corrected chi connectivity index (χ4v) is 4.70. The summed E-state index contributed by atoms with van der Waals surface area (Å²) in [6.45, 7) is 2.87. The Labute approximate surface area is 196 Å². The van der Waals surface area contributed by atoms with Crippen LogP contribution in [0.15, 0.2) is 29.1 Å². The molecule has 0 saturated carbocycles. The van der Waals surface area contributed by atoms with Gasteiger partial charge in [0.05, 0.1) is 35.8 Å². The molecule has 34 heavy (non-hydrogen) atoms. The normalized spacial score (nSPS) is 16.5. The van der Waals surface area contributed by atoms with Gasteiger partial charge in [0.1, 0.15) is 11.4 Å². The van der Waals surface area contributed by atoms with Crippen LogP contribution in [0.3, 0.4) is 0 Å². The highest BCUT2D eigenvalue weighted by atomic mass is 32.2. The van der Waals surface area contributed by atoms with Gasteiger partial charge in [-0.15, -0.1) is 0 Å². The highest BCUT2D eigenvalue weighted by molar-refractivity contribution is 7.92. The smallest absolute Gasteiger partial charge is 0.337 e. The zero-order valence-electron chi connectivity index (χ0n) is 18.9. The molecule has 0 unspecified atom stereocenters. The number of aryl methyl sites for hydroxylation is 1. The molecule has 1 aliphatic rings. The van der Waals surface area contributed by atoms with Crippen molar-refractivity contribution in [2.24, 2.45) is 0 Å². The minimum absolute atomic E-state index is 0.0537. The zero-order valence-corrected chi connectivity index (χ0v) is 19.7. The number of sulfonamides is 1. The average Bonchev–Trinajstić information content (AvgIpc) is 3.20. The molecule has 0 spiro atoms. The molecular formula is C22H27N5O6S. The quantitative estimate of drug-likeness (QED) is 0.374. The van der Waals surface area contributed by atoms with Gasteiger partial charge >= 0.3 is 5.97 Å². The number of hydrogen-bond donors (Lipinski definition) is 4. The van der Waals surface area contributed by atoms with Crippen molar-refractivity contribution in [3.8, 4) is 5.75 Å². The van der Waals surface area contributed by atoms with E-state index in [-0.39, 0.29) is 41.6 Å². The molecule has 2 aromatic heterocycles. The molecule has 182 valence electrons. The van der Waals surface area contributed by atoms with Crippen LogP contribution in [0.4, 0.5) is 5.69 Å². The van der Waals surface area contributed by atoms with E-state index in [0.29, 0.717) is 16.9 Å². The molecule has 11 nitrogen and oxygen atoms in total. The van der Waals surface area contributed by atoms with Crippen LogP contribution in [0.1, 0.15) is 52.6 Å². The second-order valence-electron chi connectivity index (χ2n) is 8.39. The fraction of sp³-hybridized carbons (Fsp3) is 0.409. The van der Waals surface area contributed by atoms with Crippen LogP contribution in [0, 0.1) is 6.92 Å². The number of hydrogen-bond acceptors (Lipinski definition) is 7. The molecule has 4 rings (SSSR count). The third kappa shape index (κ3) is 5.23. The predicted octanol–water partition coefficient (Wildman–Crippen LogP) is 1.84. The van der Waals surface area contributed by atoms with Gasteiger partial charge in [-0.2, -0.15) is 9.61 Å². The van der Waals surface area contributed by atoms with Crippen LogP contribution in [0.5, 0.6) is 5.75 Å². The lowest BCUT2D eigenvalue weighted by molar-refractivity contribution is 0.0697. The van der Waals surface area contributed by atoms with Crippen LogP contribution in [0.25, 0.3) is 5.65 Å². The van der Waals surface area contributed by atoms with E-state index in [2.05, 4.69) is 20.1 Å². The Balaban J connectivity index is 1.50. The number of nitrogens with one attached hydrogen (secondary N) is 3. The molecule has 1 aromatic carbocycles. The number of rotatable bonds is 8. The van der Waals surface area contributed by atoms with Crippen molar-refractivity contribution < 1.29 is 23.1 Å². The number of benzene rings is 1. The molecular weight excluding hydrogens is 462 g/mol. The van der Waals surface area contributed by atoms with Crippen LogP contribution < -0.4 is 20.3 Å². The zero-order chi connectivity index (χ0) is 24.5. The molecule has 0 amide bonds. The SMILES string of the molecule is Cc1[nH]c2cc([C@@H]3CCCCN3)nn2c(=O)c1CCOc1ccc(NS(C)(=O)=O)c(C(=O)O)c1. The van der Waals surface area contributed by atoms with Crippen LogP contribution in [0.2, 0.25) is 0 Å². The lowest BCUT2D eigenvalue weighted by atomic mass is 10.0. The van der Waals surface area contributed by atoms with E-state index < -0.39 is 16.0 Å². The summed E-state index contributed by atoms with van der Waals surface area (Å²) in [7, 11) is -3.64. The molecule has 12 heteroatoms. The van der Waals surface area contributed by atoms with Crippen LogP contribution in [-0.2, 0) is 16.4 Å². The van der Waals surface area contributed by atoms with Crippen molar-refractivity contribution in [3.05, 3.63) is 57.1 Å². The van der Waals surface area contributed by atoms with Crippen molar-refractivity contribution in [2.75, 3.05) is 24.1 Å². The van der Waals surface area contributed by atoms with Crippen LogP contribution >= 0.6 is 0 Å². The number of aromatic nitrogens is 3. The lowest BCUT2D eigenvalue weighted by Crippen LogP contribution is -2.27. The number of aromatic amines is 1. The minimum Gasteiger partial charge on any atom is -0.493 e. The maximum absolute atomic E-state index is 13.1. The largest absolute Gasteiger partial charge is 0.493 e. The van der Waals surface area contributed by atoms with Gasteiger partial charge in [-0.3, -0.25) is 9.52 Å². The molecule has 3 heterocycles. The Morgan fingerprint density at radius 3 is 2.79 bits per heavy atom. The van der Waals surface area contributed by atoms with E-state index in [1.807, 2.05) is 13.0 Å². The van der Waals surface area contributed by atoms with Crippen molar-refractivity contribution in [1.29, 1.82) is 0 Å². The van der Waals surface area contributed by atoms with E-state index in [9.17, 15) is 23.1 Å². The molecule has 4 N–H and O–H groups in total. The Kier molecular flexibility index (Phi) is 6.62. The van der Waals surface area contributed by atoms with Gasteiger partial charge in [-0.05, 0) is 44.5 Å².